The average Bonchev–Trinajstić information content (AvgIpc) is 3.19. The van der Waals surface area contributed by atoms with Gasteiger partial charge in [0.2, 0.25) is 0 Å². The Kier molecular flexibility index (Phi) is 7.38. The number of aromatic nitrogens is 1. The molecule has 0 saturated heterocycles. The molecular weight excluding hydrogens is 411 g/mol. The Labute approximate surface area is 180 Å². The maximum Gasteiger partial charge on any atom is 0.335 e. The first-order chi connectivity index (χ1) is 13.8. The van der Waals surface area contributed by atoms with Crippen LogP contribution in [0.2, 0.25) is 10.0 Å². The Bertz CT molecular complexity index is 919. The van der Waals surface area contributed by atoms with Crippen LogP contribution in [0.1, 0.15) is 47.3 Å². The molecule has 0 bridgehead atoms. The van der Waals surface area contributed by atoms with E-state index < -0.39 is 5.97 Å². The molecule has 0 spiro atoms. The van der Waals surface area contributed by atoms with Gasteiger partial charge < -0.3 is 14.6 Å². The van der Waals surface area contributed by atoms with Gasteiger partial charge in [-0.3, -0.25) is 4.79 Å². The van der Waals surface area contributed by atoms with Gasteiger partial charge >= 0.3 is 5.97 Å². The fraction of sp³-hybridized carbons (Fsp3) is 0.455. The standard InChI is InChI=1S/C22H26Cl2N2O3/c1-25(13-16-4-2-3-5-16)14-20-18(23)12-19(24)21(27)26(20)11-10-15-6-8-17(9-7-15)22(28)29/h6-9,12,16H,2-5,10-11,13-14H2,1H3,(H,28,29). The van der Waals surface area contributed by atoms with E-state index in [4.69, 9.17) is 28.3 Å². The van der Waals surface area contributed by atoms with Crippen molar-refractivity contribution in [1.29, 1.82) is 0 Å². The molecule has 1 aromatic heterocycles. The van der Waals surface area contributed by atoms with Crippen molar-refractivity contribution in [1.82, 2.24) is 9.47 Å². The molecule has 1 fully saturated rings. The van der Waals surface area contributed by atoms with Gasteiger partial charge in [-0.2, -0.15) is 0 Å². The van der Waals surface area contributed by atoms with E-state index in [-0.39, 0.29) is 16.1 Å². The van der Waals surface area contributed by atoms with E-state index in [1.807, 2.05) is 0 Å². The number of pyridine rings is 1. The number of aryl methyl sites for hydroxylation is 1. The van der Waals surface area contributed by atoms with E-state index in [0.717, 1.165) is 17.8 Å². The molecule has 156 valence electrons. The number of halogens is 2. The maximum absolute atomic E-state index is 12.7. The first-order valence-electron chi connectivity index (χ1n) is 9.93. The van der Waals surface area contributed by atoms with Crippen LogP contribution in [0.4, 0.5) is 0 Å². The smallest absolute Gasteiger partial charge is 0.335 e. The van der Waals surface area contributed by atoms with Crippen molar-refractivity contribution < 1.29 is 9.90 Å². The Morgan fingerprint density at radius 1 is 1.17 bits per heavy atom. The molecule has 2 aromatic rings. The van der Waals surface area contributed by atoms with Gasteiger partial charge in [0.05, 0.1) is 16.3 Å². The molecule has 1 aliphatic rings. The predicted molar refractivity (Wildman–Crippen MR) is 116 cm³/mol. The molecule has 1 saturated carbocycles. The van der Waals surface area contributed by atoms with Crippen molar-refractivity contribution in [3.63, 3.8) is 0 Å². The predicted octanol–water partition coefficient (Wildman–Crippen LogP) is 4.72. The molecule has 1 heterocycles. The molecule has 1 aromatic carbocycles. The van der Waals surface area contributed by atoms with Crippen LogP contribution < -0.4 is 5.56 Å². The molecule has 3 rings (SSSR count). The first kappa shape index (κ1) is 21.9. The van der Waals surface area contributed by atoms with Crippen LogP contribution in [0.15, 0.2) is 35.1 Å². The summed E-state index contributed by atoms with van der Waals surface area (Å²) in [5, 5.41) is 9.63. The molecule has 1 N–H and O–H groups in total. The number of carboxylic acids is 1. The summed E-state index contributed by atoms with van der Waals surface area (Å²) < 4.78 is 1.65. The molecule has 5 nitrogen and oxygen atoms in total. The quantitative estimate of drug-likeness (QED) is 0.650. The summed E-state index contributed by atoms with van der Waals surface area (Å²) in [4.78, 5) is 25.9. The van der Waals surface area contributed by atoms with Gasteiger partial charge in [-0.1, -0.05) is 48.2 Å². The highest BCUT2D eigenvalue weighted by Gasteiger charge is 2.19. The lowest BCUT2D eigenvalue weighted by Gasteiger charge is -2.24. The van der Waals surface area contributed by atoms with Crippen molar-refractivity contribution in [2.24, 2.45) is 5.92 Å². The van der Waals surface area contributed by atoms with Crippen molar-refractivity contribution in [2.75, 3.05) is 13.6 Å². The minimum atomic E-state index is -0.957. The minimum absolute atomic E-state index is 0.110. The number of hydrogen-bond donors (Lipinski definition) is 1. The lowest BCUT2D eigenvalue weighted by Crippen LogP contribution is -2.31. The van der Waals surface area contributed by atoms with Crippen LogP contribution in [0.3, 0.4) is 0 Å². The van der Waals surface area contributed by atoms with Gasteiger partial charge in [0, 0.05) is 19.6 Å². The van der Waals surface area contributed by atoms with E-state index in [1.54, 1.807) is 28.8 Å². The number of nitrogens with zero attached hydrogens (tertiary/aromatic N) is 2. The summed E-state index contributed by atoms with van der Waals surface area (Å²) in [5.74, 6) is -0.249. The van der Waals surface area contributed by atoms with Crippen LogP contribution in [0.5, 0.6) is 0 Å². The van der Waals surface area contributed by atoms with Crippen LogP contribution in [0.25, 0.3) is 0 Å². The zero-order chi connectivity index (χ0) is 21.0. The highest BCUT2D eigenvalue weighted by Crippen LogP contribution is 2.26. The minimum Gasteiger partial charge on any atom is -0.478 e. The molecule has 7 heteroatoms. The summed E-state index contributed by atoms with van der Waals surface area (Å²) in [6.45, 7) is 2.00. The van der Waals surface area contributed by atoms with E-state index in [1.165, 1.54) is 31.7 Å². The van der Waals surface area contributed by atoms with E-state index in [9.17, 15) is 9.59 Å². The molecule has 0 amide bonds. The summed E-state index contributed by atoms with van der Waals surface area (Å²) in [5.41, 5.74) is 1.71. The van der Waals surface area contributed by atoms with Gasteiger partial charge in [0.25, 0.3) is 5.56 Å². The van der Waals surface area contributed by atoms with Crippen LogP contribution in [0, 0.1) is 5.92 Å². The number of rotatable bonds is 8. The lowest BCUT2D eigenvalue weighted by atomic mass is 10.1. The van der Waals surface area contributed by atoms with E-state index in [2.05, 4.69) is 11.9 Å². The van der Waals surface area contributed by atoms with Gasteiger partial charge in [0.1, 0.15) is 5.02 Å². The highest BCUT2D eigenvalue weighted by molar-refractivity contribution is 6.34. The molecular formula is C22H26Cl2N2O3. The Morgan fingerprint density at radius 2 is 1.83 bits per heavy atom. The SMILES string of the molecule is CN(Cc1c(Cl)cc(Cl)c(=O)n1CCc1ccc(C(=O)O)cc1)CC1CCCC1. The van der Waals surface area contributed by atoms with Crippen LogP contribution in [-0.4, -0.2) is 34.1 Å². The fourth-order valence-corrected chi connectivity index (χ4v) is 4.58. The Balaban J connectivity index is 1.77. The zero-order valence-corrected chi connectivity index (χ0v) is 18.0. The van der Waals surface area contributed by atoms with Gasteiger partial charge in [-0.05, 0) is 56.0 Å². The summed E-state index contributed by atoms with van der Waals surface area (Å²) in [6, 6.07) is 8.21. The van der Waals surface area contributed by atoms with E-state index >= 15 is 0 Å². The zero-order valence-electron chi connectivity index (χ0n) is 16.5. The number of aromatic carboxylic acids is 1. The molecule has 0 radical (unpaired) electrons. The van der Waals surface area contributed by atoms with Gasteiger partial charge in [-0.25, -0.2) is 4.79 Å². The van der Waals surface area contributed by atoms with Crippen molar-refractivity contribution >= 4 is 29.2 Å². The molecule has 0 unspecified atom stereocenters. The number of carboxylic acid groups (broad SMARTS) is 1. The number of benzene rings is 1. The largest absolute Gasteiger partial charge is 0.478 e. The summed E-state index contributed by atoms with van der Waals surface area (Å²) in [6.07, 6.45) is 5.70. The second-order valence-electron chi connectivity index (χ2n) is 7.84. The van der Waals surface area contributed by atoms with Crippen molar-refractivity contribution in [2.45, 2.75) is 45.2 Å². The summed E-state index contributed by atoms with van der Waals surface area (Å²) in [7, 11) is 2.06. The maximum atomic E-state index is 12.7. The molecule has 0 aliphatic heterocycles. The Hall–Kier alpha value is -1.82. The third-order valence-corrected chi connectivity index (χ3v) is 6.19. The third-order valence-electron chi connectivity index (χ3n) is 5.59. The number of hydrogen-bond acceptors (Lipinski definition) is 3. The first-order valence-corrected chi connectivity index (χ1v) is 10.7. The van der Waals surface area contributed by atoms with E-state index in [0.29, 0.717) is 30.5 Å². The topological polar surface area (TPSA) is 62.5 Å². The van der Waals surface area contributed by atoms with Crippen molar-refractivity contribution in [3.8, 4) is 0 Å². The Morgan fingerprint density at radius 3 is 2.45 bits per heavy atom. The summed E-state index contributed by atoms with van der Waals surface area (Å²) >= 11 is 12.6. The number of carbonyl (C=O) groups is 1. The lowest BCUT2D eigenvalue weighted by molar-refractivity contribution is 0.0697. The van der Waals surface area contributed by atoms with Gasteiger partial charge in [0.15, 0.2) is 0 Å². The monoisotopic (exact) mass is 436 g/mol. The van der Waals surface area contributed by atoms with Crippen LogP contribution >= 0.6 is 23.2 Å². The molecule has 29 heavy (non-hydrogen) atoms. The highest BCUT2D eigenvalue weighted by atomic mass is 35.5. The van der Waals surface area contributed by atoms with Gasteiger partial charge in [-0.15, -0.1) is 0 Å². The normalized spacial score (nSPS) is 14.6. The average molecular weight is 437 g/mol. The van der Waals surface area contributed by atoms with Crippen molar-refractivity contribution in [3.05, 3.63) is 67.6 Å². The second kappa shape index (κ2) is 9.79. The second-order valence-corrected chi connectivity index (χ2v) is 8.66. The third kappa shape index (κ3) is 5.62. The molecule has 0 atom stereocenters. The van der Waals surface area contributed by atoms with Crippen LogP contribution in [-0.2, 0) is 19.5 Å². The fourth-order valence-electron chi connectivity index (χ4n) is 4.04. The molecule has 1 aliphatic carbocycles.